The van der Waals surface area contributed by atoms with Crippen molar-refractivity contribution in [2.75, 3.05) is 0 Å². The largest absolute Gasteiger partial charge is 0.478 e. The molecule has 0 fully saturated rings. The van der Waals surface area contributed by atoms with Crippen LogP contribution in [0.4, 0.5) is 11.4 Å². The van der Waals surface area contributed by atoms with Gasteiger partial charge in [-0.15, -0.1) is 0 Å². The van der Waals surface area contributed by atoms with Crippen molar-refractivity contribution in [3.63, 3.8) is 0 Å². The van der Waals surface area contributed by atoms with Gasteiger partial charge < -0.3 is 5.11 Å². The number of carboxylic acid groups (broad SMARTS) is 1. The van der Waals surface area contributed by atoms with E-state index in [-0.39, 0.29) is 11.1 Å². The van der Waals surface area contributed by atoms with Crippen molar-refractivity contribution in [3.8, 4) is 0 Å². The van der Waals surface area contributed by atoms with Crippen LogP contribution in [0.5, 0.6) is 0 Å². The maximum Gasteiger partial charge on any atom is 0.331 e. The van der Waals surface area contributed by atoms with Crippen LogP contribution >= 0.6 is 0 Å². The van der Waals surface area contributed by atoms with Crippen LogP contribution in [-0.2, 0) is 4.79 Å². The third kappa shape index (κ3) is 2.88. The van der Waals surface area contributed by atoms with Gasteiger partial charge >= 0.3 is 5.97 Å². The molecule has 0 heterocycles. The molecule has 0 saturated carbocycles. The van der Waals surface area contributed by atoms with Gasteiger partial charge in [0, 0.05) is 11.6 Å². The van der Waals surface area contributed by atoms with Crippen molar-refractivity contribution < 1.29 is 19.7 Å². The molecule has 1 aromatic rings. The lowest BCUT2D eigenvalue weighted by Gasteiger charge is -1.99. The van der Waals surface area contributed by atoms with E-state index in [0.717, 1.165) is 24.3 Å². The molecule has 8 heteroatoms. The molecule has 94 valence electrons. The molecule has 0 amide bonds. The quantitative estimate of drug-likeness (QED) is 0.496. The third-order valence-corrected chi connectivity index (χ3v) is 2.13. The summed E-state index contributed by atoms with van der Waals surface area (Å²) in [5, 5.41) is 29.9. The molecule has 0 atom stereocenters. The average Bonchev–Trinajstić information content (AvgIpc) is 2.28. The smallest absolute Gasteiger partial charge is 0.331 e. The Hall–Kier alpha value is -2.77. The van der Waals surface area contributed by atoms with E-state index in [2.05, 4.69) is 0 Å². The van der Waals surface area contributed by atoms with Gasteiger partial charge in [-0.2, -0.15) is 0 Å². The molecule has 18 heavy (non-hydrogen) atoms. The molecule has 0 aliphatic rings. The maximum absolute atomic E-state index is 10.8. The zero-order valence-corrected chi connectivity index (χ0v) is 9.19. The summed E-state index contributed by atoms with van der Waals surface area (Å²) in [7, 11) is 0. The van der Waals surface area contributed by atoms with E-state index in [4.69, 9.17) is 5.11 Å². The minimum atomic E-state index is -1.22. The molecule has 0 aliphatic carbocycles. The molecular weight excluding hydrogens is 244 g/mol. The van der Waals surface area contributed by atoms with E-state index < -0.39 is 27.2 Å². The number of aliphatic carboxylic acids is 1. The minimum Gasteiger partial charge on any atom is -0.478 e. The zero-order chi connectivity index (χ0) is 13.9. The number of hydrogen-bond acceptors (Lipinski definition) is 5. The number of nitrogens with zero attached hydrogens (tertiary/aromatic N) is 2. The van der Waals surface area contributed by atoms with Crippen LogP contribution in [0.25, 0.3) is 6.08 Å². The number of carboxylic acids is 1. The van der Waals surface area contributed by atoms with Gasteiger partial charge in [-0.3, -0.25) is 20.2 Å². The second-order valence-corrected chi connectivity index (χ2v) is 3.39. The normalized spacial score (nSPS) is 11.1. The van der Waals surface area contributed by atoms with Crippen LogP contribution in [-0.4, -0.2) is 20.9 Å². The van der Waals surface area contributed by atoms with Crippen molar-refractivity contribution in [2.24, 2.45) is 0 Å². The number of hydrogen-bond donors (Lipinski definition) is 1. The van der Waals surface area contributed by atoms with E-state index in [0.29, 0.717) is 0 Å². The fraction of sp³-hybridized carbons (Fsp3) is 0.100. The lowest BCUT2D eigenvalue weighted by molar-refractivity contribution is -0.394. The minimum absolute atomic E-state index is 0.00509. The molecule has 1 aromatic carbocycles. The average molecular weight is 252 g/mol. The lowest BCUT2D eigenvalue weighted by Crippen LogP contribution is -1.98. The lowest BCUT2D eigenvalue weighted by atomic mass is 10.1. The summed E-state index contributed by atoms with van der Waals surface area (Å²) in [6, 6.07) is 3.01. The Labute approximate surface area is 100 Å². The first-order valence-electron chi connectivity index (χ1n) is 4.67. The Morgan fingerprint density at radius 1 is 1.28 bits per heavy atom. The van der Waals surface area contributed by atoms with Gasteiger partial charge in [0.1, 0.15) is 0 Å². The summed E-state index contributed by atoms with van der Waals surface area (Å²) in [6.07, 6.45) is 1.09. The summed E-state index contributed by atoms with van der Waals surface area (Å²) >= 11 is 0. The van der Waals surface area contributed by atoms with Gasteiger partial charge in [-0.1, -0.05) is 0 Å². The van der Waals surface area contributed by atoms with Crippen molar-refractivity contribution in [1.29, 1.82) is 0 Å². The highest BCUT2D eigenvalue weighted by atomic mass is 16.6. The topological polar surface area (TPSA) is 124 Å². The molecular formula is C10H8N2O6. The van der Waals surface area contributed by atoms with Gasteiger partial charge in [0.05, 0.1) is 21.5 Å². The molecule has 0 aliphatic heterocycles. The van der Waals surface area contributed by atoms with Gasteiger partial charge in [0.15, 0.2) is 0 Å². The van der Waals surface area contributed by atoms with Crippen LogP contribution in [0.2, 0.25) is 0 Å². The van der Waals surface area contributed by atoms with Crippen LogP contribution in [0, 0.1) is 20.2 Å². The van der Waals surface area contributed by atoms with Crippen LogP contribution in [0.15, 0.2) is 23.8 Å². The second-order valence-electron chi connectivity index (χ2n) is 3.39. The third-order valence-electron chi connectivity index (χ3n) is 2.13. The number of rotatable bonds is 4. The molecule has 1 N–H and O–H groups in total. The SMILES string of the molecule is CC(=Cc1ccc([N+](=O)[O-])cc1[N+](=O)[O-])C(=O)O. The number of nitro benzene ring substituents is 2. The molecule has 0 bridgehead atoms. The molecule has 0 unspecified atom stereocenters. The second kappa shape index (κ2) is 5.04. The van der Waals surface area contributed by atoms with Crippen molar-refractivity contribution in [3.05, 3.63) is 49.6 Å². The van der Waals surface area contributed by atoms with Gasteiger partial charge in [-0.25, -0.2) is 4.79 Å². The van der Waals surface area contributed by atoms with Crippen molar-refractivity contribution in [1.82, 2.24) is 0 Å². The van der Waals surface area contributed by atoms with Gasteiger partial charge in [0.25, 0.3) is 11.4 Å². The van der Waals surface area contributed by atoms with Crippen LogP contribution in [0.3, 0.4) is 0 Å². The highest BCUT2D eigenvalue weighted by Gasteiger charge is 2.18. The number of benzene rings is 1. The molecule has 0 radical (unpaired) electrons. The Balaban J connectivity index is 3.37. The van der Waals surface area contributed by atoms with Crippen LogP contribution in [0.1, 0.15) is 12.5 Å². The van der Waals surface area contributed by atoms with Crippen molar-refractivity contribution >= 4 is 23.4 Å². The Morgan fingerprint density at radius 3 is 2.33 bits per heavy atom. The van der Waals surface area contributed by atoms with E-state index in [9.17, 15) is 25.0 Å². The predicted octanol–water partition coefficient (Wildman–Crippen LogP) is 1.99. The maximum atomic E-state index is 10.8. The molecule has 1 rings (SSSR count). The summed E-state index contributed by atoms with van der Waals surface area (Å²) in [4.78, 5) is 30.3. The highest BCUT2D eigenvalue weighted by Crippen LogP contribution is 2.26. The van der Waals surface area contributed by atoms with E-state index in [1.54, 1.807) is 0 Å². The first-order chi connectivity index (χ1) is 8.32. The van der Waals surface area contributed by atoms with Crippen LogP contribution < -0.4 is 0 Å². The van der Waals surface area contributed by atoms with Crippen molar-refractivity contribution in [2.45, 2.75) is 6.92 Å². The Bertz CT molecular complexity index is 563. The Kier molecular flexibility index (Phi) is 3.72. The predicted molar refractivity (Wildman–Crippen MR) is 61.0 cm³/mol. The molecule has 0 aromatic heterocycles. The van der Waals surface area contributed by atoms with E-state index in [1.807, 2.05) is 0 Å². The Morgan fingerprint density at radius 2 is 1.89 bits per heavy atom. The summed E-state index contributed by atoms with van der Waals surface area (Å²) < 4.78 is 0. The molecule has 8 nitrogen and oxygen atoms in total. The van der Waals surface area contributed by atoms with E-state index >= 15 is 0 Å². The molecule has 0 spiro atoms. The zero-order valence-electron chi connectivity index (χ0n) is 9.19. The number of carbonyl (C=O) groups is 1. The summed E-state index contributed by atoms with van der Waals surface area (Å²) in [5.41, 5.74) is -1.03. The fourth-order valence-corrected chi connectivity index (χ4v) is 1.22. The highest BCUT2D eigenvalue weighted by molar-refractivity contribution is 5.92. The first-order valence-corrected chi connectivity index (χ1v) is 4.67. The first kappa shape index (κ1) is 13.3. The number of non-ortho nitro benzene ring substituents is 1. The fourth-order valence-electron chi connectivity index (χ4n) is 1.22. The van der Waals surface area contributed by atoms with Gasteiger partial charge in [0.2, 0.25) is 0 Å². The van der Waals surface area contributed by atoms with Gasteiger partial charge in [-0.05, 0) is 19.1 Å². The monoisotopic (exact) mass is 252 g/mol. The molecule has 0 saturated heterocycles. The summed E-state index contributed by atoms with van der Waals surface area (Å²) in [6.45, 7) is 1.27. The number of nitro groups is 2. The van der Waals surface area contributed by atoms with E-state index in [1.165, 1.54) is 6.92 Å². The standard InChI is InChI=1S/C10H8N2O6/c1-6(10(13)14)4-7-2-3-8(11(15)16)5-9(7)12(17)18/h2-5H,1H3,(H,13,14). The summed E-state index contributed by atoms with van der Waals surface area (Å²) in [5.74, 6) is -1.22.